The summed E-state index contributed by atoms with van der Waals surface area (Å²) >= 11 is 0. The lowest BCUT2D eigenvalue weighted by Crippen LogP contribution is -2.50. The predicted octanol–water partition coefficient (Wildman–Crippen LogP) is 5.76. The maximum atomic E-state index is 13.0. The van der Waals surface area contributed by atoms with Gasteiger partial charge in [0, 0.05) is 50.1 Å². The molecule has 0 bridgehead atoms. The maximum absolute atomic E-state index is 13.0. The third kappa shape index (κ3) is 5.37. The van der Waals surface area contributed by atoms with E-state index in [2.05, 4.69) is 18.2 Å². The Morgan fingerprint density at radius 1 is 1.03 bits per heavy atom. The van der Waals surface area contributed by atoms with Crippen LogP contribution in [0.25, 0.3) is 5.57 Å². The van der Waals surface area contributed by atoms with Gasteiger partial charge >= 0.3 is 6.09 Å². The zero-order chi connectivity index (χ0) is 25.2. The lowest BCUT2D eigenvalue weighted by atomic mass is 9.82. The summed E-state index contributed by atoms with van der Waals surface area (Å²) in [5.41, 5.74) is 2.70. The van der Waals surface area contributed by atoms with Crippen molar-refractivity contribution < 1.29 is 19.1 Å². The Hall–Kier alpha value is -3.28. The van der Waals surface area contributed by atoms with Crippen molar-refractivity contribution in [2.24, 2.45) is 0 Å². The van der Waals surface area contributed by atoms with Crippen molar-refractivity contribution in [1.29, 1.82) is 0 Å². The van der Waals surface area contributed by atoms with Gasteiger partial charge in [0.1, 0.15) is 17.0 Å². The predicted molar refractivity (Wildman–Crippen MR) is 138 cm³/mol. The van der Waals surface area contributed by atoms with E-state index in [4.69, 9.17) is 9.47 Å². The van der Waals surface area contributed by atoms with Gasteiger partial charge in [-0.15, -0.1) is 0 Å². The summed E-state index contributed by atoms with van der Waals surface area (Å²) in [6.07, 6.45) is 3.25. The smallest absolute Gasteiger partial charge is 0.410 e. The van der Waals surface area contributed by atoms with Gasteiger partial charge in [-0.05, 0) is 70.0 Å². The third-order valence-corrected chi connectivity index (χ3v) is 6.63. The fraction of sp³-hybridized carbons (Fsp3) is 0.448. The van der Waals surface area contributed by atoms with Crippen molar-refractivity contribution in [2.45, 2.75) is 58.7 Å². The van der Waals surface area contributed by atoms with E-state index in [-0.39, 0.29) is 12.0 Å². The number of carbonyl (C=O) groups is 2. The number of hydrogen-bond donors (Lipinski definition) is 0. The van der Waals surface area contributed by atoms with E-state index >= 15 is 0 Å². The summed E-state index contributed by atoms with van der Waals surface area (Å²) in [6.45, 7) is 12.1. The van der Waals surface area contributed by atoms with Crippen LogP contribution in [0.5, 0.6) is 5.75 Å². The molecule has 0 radical (unpaired) electrons. The largest absolute Gasteiger partial charge is 0.482 e. The number of carbonyl (C=O) groups excluding carboxylic acids is 2. The van der Waals surface area contributed by atoms with Gasteiger partial charge in [0.25, 0.3) is 5.91 Å². The first-order valence-electron chi connectivity index (χ1n) is 12.5. The minimum atomic E-state index is -0.521. The molecule has 2 aromatic carbocycles. The first kappa shape index (κ1) is 24.8. The van der Waals surface area contributed by atoms with Gasteiger partial charge in [0.05, 0.1) is 0 Å². The zero-order valence-corrected chi connectivity index (χ0v) is 21.5. The molecule has 0 atom stereocenters. The number of benzene rings is 2. The molecule has 1 spiro atoms. The van der Waals surface area contributed by atoms with Crippen LogP contribution >= 0.6 is 0 Å². The number of fused-ring (bicyclic) bond motifs is 1. The van der Waals surface area contributed by atoms with E-state index in [1.165, 1.54) is 0 Å². The number of piperidine rings is 1. The van der Waals surface area contributed by atoms with E-state index in [0.29, 0.717) is 44.6 Å². The standard InChI is InChI=1S/C29H36N2O4/c1-6-30(7-2)26(32)22-13-14-25-23(19-22)24(21-11-9-8-10-12-21)20-29(34-25)15-17-31(18-16-29)27(33)35-28(3,4)5/h8-14,19-20H,6-7,15-18H2,1-5H3. The van der Waals surface area contributed by atoms with E-state index in [9.17, 15) is 9.59 Å². The molecule has 2 amide bonds. The van der Waals surface area contributed by atoms with Crippen LogP contribution in [0.1, 0.15) is 68.9 Å². The molecule has 1 fully saturated rings. The number of ether oxygens (including phenoxy) is 2. The van der Waals surface area contributed by atoms with Gasteiger partial charge in [-0.1, -0.05) is 30.3 Å². The fourth-order valence-corrected chi connectivity index (χ4v) is 4.74. The second-order valence-corrected chi connectivity index (χ2v) is 10.2. The number of nitrogens with zero attached hydrogens (tertiary/aromatic N) is 2. The van der Waals surface area contributed by atoms with Gasteiger partial charge in [-0.25, -0.2) is 4.79 Å². The van der Waals surface area contributed by atoms with Crippen molar-refractivity contribution in [2.75, 3.05) is 26.2 Å². The monoisotopic (exact) mass is 476 g/mol. The molecule has 0 aromatic heterocycles. The third-order valence-electron chi connectivity index (χ3n) is 6.63. The van der Waals surface area contributed by atoms with E-state index < -0.39 is 11.2 Å². The average Bonchev–Trinajstić information content (AvgIpc) is 2.84. The van der Waals surface area contributed by atoms with Gasteiger partial charge in [0.15, 0.2) is 0 Å². The highest BCUT2D eigenvalue weighted by Crippen LogP contribution is 2.44. The molecule has 6 heteroatoms. The van der Waals surface area contributed by atoms with Crippen LogP contribution in [0, 0.1) is 0 Å². The summed E-state index contributed by atoms with van der Waals surface area (Å²) in [5, 5.41) is 0. The highest BCUT2D eigenvalue weighted by atomic mass is 16.6. The Labute approximate surface area is 208 Å². The molecule has 2 heterocycles. The first-order valence-corrected chi connectivity index (χ1v) is 12.5. The molecule has 6 nitrogen and oxygen atoms in total. The van der Waals surface area contributed by atoms with E-state index in [1.807, 2.05) is 75.9 Å². The molecule has 1 saturated heterocycles. The Kier molecular flexibility index (Phi) is 6.93. The Morgan fingerprint density at radius 2 is 1.69 bits per heavy atom. The minimum Gasteiger partial charge on any atom is -0.482 e. The molecule has 0 aliphatic carbocycles. The van der Waals surface area contributed by atoms with Crippen LogP contribution in [0.4, 0.5) is 4.79 Å². The summed E-state index contributed by atoms with van der Waals surface area (Å²) in [5.74, 6) is 0.796. The number of rotatable bonds is 4. The van der Waals surface area contributed by atoms with Crippen molar-refractivity contribution in [3.63, 3.8) is 0 Å². The SMILES string of the molecule is CCN(CC)C(=O)c1ccc2c(c1)C(c1ccccc1)=CC1(CCN(C(=O)OC(C)(C)C)CC1)O2. The normalized spacial score (nSPS) is 16.7. The van der Waals surface area contributed by atoms with Crippen LogP contribution in [0.3, 0.4) is 0 Å². The highest BCUT2D eigenvalue weighted by Gasteiger charge is 2.41. The molecule has 4 rings (SSSR count). The maximum Gasteiger partial charge on any atom is 0.410 e. The topological polar surface area (TPSA) is 59.1 Å². The molecule has 0 unspecified atom stereocenters. The highest BCUT2D eigenvalue weighted by molar-refractivity contribution is 5.97. The van der Waals surface area contributed by atoms with Crippen LogP contribution < -0.4 is 4.74 Å². The quantitative estimate of drug-likeness (QED) is 0.563. The van der Waals surface area contributed by atoms with Crippen molar-refractivity contribution in [1.82, 2.24) is 9.80 Å². The van der Waals surface area contributed by atoms with Crippen molar-refractivity contribution in [3.8, 4) is 5.75 Å². The summed E-state index contributed by atoms with van der Waals surface area (Å²) in [7, 11) is 0. The molecular weight excluding hydrogens is 440 g/mol. The van der Waals surface area contributed by atoms with Crippen molar-refractivity contribution in [3.05, 3.63) is 71.3 Å². The molecule has 0 saturated carbocycles. The molecule has 0 N–H and O–H groups in total. The van der Waals surface area contributed by atoms with E-state index in [1.54, 1.807) is 4.90 Å². The molecular formula is C29H36N2O4. The molecule has 186 valence electrons. The fourth-order valence-electron chi connectivity index (χ4n) is 4.74. The average molecular weight is 477 g/mol. The Bertz CT molecular complexity index is 1110. The molecule has 2 aliphatic heterocycles. The Balaban J connectivity index is 1.66. The molecule has 2 aromatic rings. The lowest BCUT2D eigenvalue weighted by molar-refractivity contribution is -0.00116. The number of likely N-dealkylation sites (tertiary alicyclic amines) is 1. The second-order valence-electron chi connectivity index (χ2n) is 10.2. The van der Waals surface area contributed by atoms with Gasteiger partial charge in [-0.2, -0.15) is 0 Å². The molecule has 2 aliphatic rings. The number of amides is 2. The summed E-state index contributed by atoms with van der Waals surface area (Å²) < 4.78 is 12.2. The first-order chi connectivity index (χ1) is 16.6. The molecule has 35 heavy (non-hydrogen) atoms. The van der Waals surface area contributed by atoms with Crippen LogP contribution in [0.2, 0.25) is 0 Å². The van der Waals surface area contributed by atoms with Crippen LogP contribution in [-0.2, 0) is 4.74 Å². The van der Waals surface area contributed by atoms with Crippen LogP contribution in [0.15, 0.2) is 54.6 Å². The van der Waals surface area contributed by atoms with Crippen molar-refractivity contribution >= 4 is 17.6 Å². The Morgan fingerprint density at radius 3 is 2.29 bits per heavy atom. The lowest BCUT2D eigenvalue weighted by Gasteiger charge is -2.43. The zero-order valence-electron chi connectivity index (χ0n) is 21.5. The van der Waals surface area contributed by atoms with E-state index in [0.717, 1.165) is 22.4 Å². The van der Waals surface area contributed by atoms with Gasteiger partial charge < -0.3 is 19.3 Å². The minimum absolute atomic E-state index is 0.0242. The summed E-state index contributed by atoms with van der Waals surface area (Å²) in [4.78, 5) is 29.2. The van der Waals surface area contributed by atoms with Gasteiger partial charge in [-0.3, -0.25) is 4.79 Å². The second kappa shape index (κ2) is 9.76. The number of hydrogen-bond acceptors (Lipinski definition) is 4. The summed E-state index contributed by atoms with van der Waals surface area (Å²) in [6, 6.07) is 16.0. The van der Waals surface area contributed by atoms with Crippen LogP contribution in [-0.4, -0.2) is 59.2 Å². The van der Waals surface area contributed by atoms with Gasteiger partial charge in [0.2, 0.25) is 0 Å².